The normalized spacial score (nSPS) is 44.0. The summed E-state index contributed by atoms with van der Waals surface area (Å²) in [5.74, 6) is 1.74. The zero-order valence-corrected chi connectivity index (χ0v) is 6.46. The first-order valence-corrected chi connectivity index (χ1v) is 4.23. The third kappa shape index (κ3) is 1.00. The Hall–Kier alpha value is 0.0774. The Balaban J connectivity index is 2.19. The van der Waals surface area contributed by atoms with Crippen molar-refractivity contribution in [3.05, 3.63) is 24.3 Å². The second kappa shape index (κ2) is 2.61. The zero-order valence-electron chi connectivity index (χ0n) is 6.46. The van der Waals surface area contributed by atoms with Crippen LogP contribution in [0.1, 0.15) is 12.8 Å². The molecule has 2 aliphatic carbocycles. The van der Waals surface area contributed by atoms with Crippen molar-refractivity contribution in [1.82, 2.24) is 0 Å². The van der Waals surface area contributed by atoms with E-state index in [2.05, 4.69) is 42.0 Å². The molecule has 0 saturated heterocycles. The maximum atomic E-state index is 2.38. The van der Waals surface area contributed by atoms with Crippen LogP contribution in [-0.4, -0.2) is 17.7 Å². The van der Waals surface area contributed by atoms with Crippen LogP contribution in [0.3, 0.4) is 0 Å². The Bertz CT molecular complexity index is 181. The second-order valence-electron chi connectivity index (χ2n) is 3.57. The van der Waals surface area contributed by atoms with E-state index in [0.29, 0.717) is 0 Å². The molecule has 3 unspecified atom stereocenters. The van der Waals surface area contributed by atoms with Crippen molar-refractivity contribution < 1.29 is 0 Å². The molecule has 1 heteroatoms. The van der Waals surface area contributed by atoms with Crippen LogP contribution in [0.25, 0.3) is 0 Å². The predicted octanol–water partition coefficient (Wildman–Crippen LogP) is 2.10. The van der Waals surface area contributed by atoms with Gasteiger partial charge in [-0.2, -0.15) is 0 Å². The first kappa shape index (κ1) is 6.77. The summed E-state index contributed by atoms with van der Waals surface area (Å²) < 4.78 is 0.922. The van der Waals surface area contributed by atoms with E-state index in [9.17, 15) is 0 Å². The van der Waals surface area contributed by atoms with Gasteiger partial charge >= 0.3 is 71.3 Å². The third-order valence-corrected chi connectivity index (χ3v) is 2.91. The van der Waals surface area contributed by atoms with Gasteiger partial charge < -0.3 is 0 Å². The van der Waals surface area contributed by atoms with Crippen molar-refractivity contribution in [2.75, 3.05) is 0 Å². The Morgan fingerprint density at radius 1 is 1.10 bits per heavy atom. The molecular formula is C9H11Li. The molecule has 0 aromatic carbocycles. The molecule has 0 amide bonds. The summed E-state index contributed by atoms with van der Waals surface area (Å²) in [5, 5.41) is 0. The molecule has 0 bridgehead atoms. The Labute approximate surface area is 71.6 Å². The maximum absolute atomic E-state index is 2.38. The molecule has 0 N–H and O–H groups in total. The van der Waals surface area contributed by atoms with E-state index in [1.165, 1.54) is 12.8 Å². The SMILES string of the molecule is [Li][CH]1CCC2C=CC=CC12. The van der Waals surface area contributed by atoms with Crippen LogP contribution in [-0.2, 0) is 0 Å². The molecule has 0 aliphatic heterocycles. The fourth-order valence-corrected chi connectivity index (χ4v) is 2.22. The molecule has 10 heavy (non-hydrogen) atoms. The topological polar surface area (TPSA) is 0 Å². The Kier molecular flexibility index (Phi) is 1.76. The molecule has 2 aliphatic rings. The van der Waals surface area contributed by atoms with E-state index in [1.54, 1.807) is 0 Å². The molecule has 1 saturated carbocycles. The summed E-state index contributed by atoms with van der Waals surface area (Å²) >= 11 is 2.37. The van der Waals surface area contributed by atoms with Crippen LogP contribution < -0.4 is 0 Å². The number of hydrogen-bond donors (Lipinski definition) is 0. The van der Waals surface area contributed by atoms with Gasteiger partial charge in [-0.15, -0.1) is 0 Å². The minimum atomic E-state index is 0.866. The molecule has 1 fully saturated rings. The fraction of sp³-hybridized carbons (Fsp3) is 0.556. The van der Waals surface area contributed by atoms with Gasteiger partial charge in [-0.25, -0.2) is 0 Å². The van der Waals surface area contributed by atoms with Gasteiger partial charge in [0.25, 0.3) is 0 Å². The summed E-state index contributed by atoms with van der Waals surface area (Å²) in [7, 11) is 0. The summed E-state index contributed by atoms with van der Waals surface area (Å²) in [6.45, 7) is 0. The van der Waals surface area contributed by atoms with Crippen molar-refractivity contribution >= 4 is 17.7 Å². The quantitative estimate of drug-likeness (QED) is 0.436. The number of allylic oxidation sites excluding steroid dienone is 4. The van der Waals surface area contributed by atoms with Crippen LogP contribution >= 0.6 is 0 Å². The van der Waals surface area contributed by atoms with E-state index in [-0.39, 0.29) is 0 Å². The van der Waals surface area contributed by atoms with Crippen molar-refractivity contribution in [3.8, 4) is 0 Å². The summed E-state index contributed by atoms with van der Waals surface area (Å²) in [5.41, 5.74) is 0. The van der Waals surface area contributed by atoms with Crippen molar-refractivity contribution in [1.29, 1.82) is 0 Å². The van der Waals surface area contributed by atoms with Crippen LogP contribution in [0.4, 0.5) is 0 Å². The van der Waals surface area contributed by atoms with Gasteiger partial charge in [0, 0.05) is 0 Å². The van der Waals surface area contributed by atoms with Crippen LogP contribution in [0.15, 0.2) is 24.3 Å². The first-order chi connectivity index (χ1) is 4.88. The van der Waals surface area contributed by atoms with Crippen molar-refractivity contribution in [3.63, 3.8) is 0 Å². The molecule has 3 atom stereocenters. The average molecular weight is 126 g/mol. The minimum absolute atomic E-state index is 0.866. The fourth-order valence-electron chi connectivity index (χ4n) is 2.22. The monoisotopic (exact) mass is 126 g/mol. The number of rotatable bonds is 0. The Morgan fingerprint density at radius 2 is 1.90 bits per heavy atom. The van der Waals surface area contributed by atoms with Gasteiger partial charge in [0.1, 0.15) is 0 Å². The van der Waals surface area contributed by atoms with Crippen LogP contribution in [0.2, 0.25) is 4.59 Å². The molecule has 48 valence electrons. The molecule has 0 nitrogen and oxygen atoms in total. The van der Waals surface area contributed by atoms with Gasteiger partial charge in [0.15, 0.2) is 0 Å². The van der Waals surface area contributed by atoms with Crippen molar-refractivity contribution in [2.45, 2.75) is 17.4 Å². The number of fused-ring (bicyclic) bond motifs is 1. The van der Waals surface area contributed by atoms with Crippen LogP contribution in [0, 0.1) is 11.8 Å². The summed E-state index contributed by atoms with van der Waals surface area (Å²) in [6.07, 6.45) is 12.0. The molecule has 0 heterocycles. The van der Waals surface area contributed by atoms with E-state index < -0.39 is 0 Å². The predicted molar refractivity (Wildman–Crippen MR) is 44.0 cm³/mol. The van der Waals surface area contributed by atoms with E-state index in [0.717, 1.165) is 16.4 Å². The second-order valence-corrected chi connectivity index (χ2v) is 3.57. The van der Waals surface area contributed by atoms with Gasteiger partial charge in [-0.3, -0.25) is 0 Å². The zero-order chi connectivity index (χ0) is 6.97. The van der Waals surface area contributed by atoms with Crippen LogP contribution in [0.5, 0.6) is 0 Å². The Morgan fingerprint density at radius 3 is 2.70 bits per heavy atom. The average Bonchev–Trinajstić information content (AvgIpc) is 2.34. The van der Waals surface area contributed by atoms with E-state index >= 15 is 0 Å². The van der Waals surface area contributed by atoms with Gasteiger partial charge in [-0.1, -0.05) is 0 Å². The van der Waals surface area contributed by atoms with Gasteiger partial charge in [0.2, 0.25) is 0 Å². The third-order valence-electron chi connectivity index (χ3n) is 2.91. The molecule has 0 radical (unpaired) electrons. The standard InChI is InChI=1S/C9H11.Li/c1-2-5-9-7-3-6-8(9)4-1;/h1-2,4-6,8-9H,3,7H2;. The first-order valence-electron chi connectivity index (χ1n) is 4.23. The summed E-state index contributed by atoms with van der Waals surface area (Å²) in [4.78, 5) is 0. The molecular weight excluding hydrogens is 115 g/mol. The van der Waals surface area contributed by atoms with Crippen molar-refractivity contribution in [2.24, 2.45) is 11.8 Å². The van der Waals surface area contributed by atoms with Gasteiger partial charge in [0.05, 0.1) is 0 Å². The number of hydrogen-bond acceptors (Lipinski definition) is 0. The summed E-state index contributed by atoms with van der Waals surface area (Å²) in [6, 6.07) is 0. The molecule has 0 aromatic heterocycles. The van der Waals surface area contributed by atoms with Gasteiger partial charge in [-0.05, 0) is 0 Å². The van der Waals surface area contributed by atoms with E-state index in [1.807, 2.05) is 0 Å². The molecule has 2 rings (SSSR count). The van der Waals surface area contributed by atoms with E-state index in [4.69, 9.17) is 0 Å². The molecule has 0 spiro atoms. The molecule has 0 aromatic rings.